The van der Waals surface area contributed by atoms with Gasteiger partial charge in [-0.1, -0.05) is 37.0 Å². The Morgan fingerprint density at radius 2 is 1.85 bits per heavy atom. The van der Waals surface area contributed by atoms with E-state index in [1.165, 1.54) is 31.0 Å². The van der Waals surface area contributed by atoms with Gasteiger partial charge in [0.1, 0.15) is 22.9 Å². The van der Waals surface area contributed by atoms with Crippen LogP contribution in [-0.2, 0) is 0 Å². The number of thiophene rings is 1. The number of methoxy groups -OCH3 is 1. The number of aromatic nitrogens is 3. The fourth-order valence-corrected chi connectivity index (χ4v) is 5.61. The van der Waals surface area contributed by atoms with Crippen molar-refractivity contribution in [3.8, 4) is 5.75 Å². The van der Waals surface area contributed by atoms with Gasteiger partial charge in [-0.15, -0.1) is 11.3 Å². The van der Waals surface area contributed by atoms with Crippen LogP contribution in [-0.4, -0.2) is 65.0 Å². The highest BCUT2D eigenvalue weighted by Gasteiger charge is 2.21. The quantitative estimate of drug-likeness (QED) is 0.162. The summed E-state index contributed by atoms with van der Waals surface area (Å²) in [4.78, 5) is 41.1. The van der Waals surface area contributed by atoms with Gasteiger partial charge >= 0.3 is 0 Å². The molecule has 41 heavy (non-hydrogen) atoms. The van der Waals surface area contributed by atoms with Gasteiger partial charge in [0.2, 0.25) is 0 Å². The summed E-state index contributed by atoms with van der Waals surface area (Å²) in [6.07, 6.45) is 3.76. The zero-order valence-corrected chi connectivity index (χ0v) is 25.5. The molecule has 0 aliphatic carbocycles. The van der Waals surface area contributed by atoms with Crippen LogP contribution >= 0.6 is 34.5 Å². The van der Waals surface area contributed by atoms with Gasteiger partial charge in [0.05, 0.1) is 39.2 Å². The average Bonchev–Trinajstić information content (AvgIpc) is 3.43. The van der Waals surface area contributed by atoms with Gasteiger partial charge in [0, 0.05) is 18.1 Å². The summed E-state index contributed by atoms with van der Waals surface area (Å²) < 4.78 is 5.96. The number of carbonyl (C=O) groups is 2. The number of pyridine rings is 1. The molecule has 2 amide bonds. The van der Waals surface area contributed by atoms with E-state index in [1.807, 2.05) is 0 Å². The smallest absolute Gasteiger partial charge is 0.258 e. The largest absolute Gasteiger partial charge is 0.495 e. The van der Waals surface area contributed by atoms with Gasteiger partial charge in [-0.3, -0.25) is 9.59 Å². The number of hydrogen-bond donors (Lipinski definition) is 3. The van der Waals surface area contributed by atoms with E-state index in [0.29, 0.717) is 55.9 Å². The van der Waals surface area contributed by atoms with Crippen molar-refractivity contribution in [2.45, 2.75) is 27.2 Å². The van der Waals surface area contributed by atoms with Gasteiger partial charge in [-0.2, -0.15) is 0 Å². The second kappa shape index (κ2) is 13.9. The number of halogens is 2. The molecule has 0 bridgehead atoms. The van der Waals surface area contributed by atoms with Crippen LogP contribution < -0.4 is 20.7 Å². The number of fused-ring (bicyclic) bond motifs is 1. The van der Waals surface area contributed by atoms with Crippen molar-refractivity contribution < 1.29 is 14.3 Å². The molecule has 0 saturated heterocycles. The zero-order valence-electron chi connectivity index (χ0n) is 23.2. The van der Waals surface area contributed by atoms with Gasteiger partial charge in [0.15, 0.2) is 5.82 Å². The first-order valence-electron chi connectivity index (χ1n) is 13.1. The molecule has 3 aromatic heterocycles. The van der Waals surface area contributed by atoms with Crippen LogP contribution in [0.5, 0.6) is 5.75 Å². The number of anilines is 3. The fraction of sp³-hybridized carbons (Fsp3) is 0.321. The molecule has 1 aromatic carbocycles. The van der Waals surface area contributed by atoms with Crippen LogP contribution in [0, 0.1) is 6.92 Å². The number of aryl methyl sites for hydroxylation is 1. The maximum atomic E-state index is 13.2. The third-order valence-corrected chi connectivity index (χ3v) is 8.35. The van der Waals surface area contributed by atoms with Crippen LogP contribution in [0.2, 0.25) is 10.0 Å². The van der Waals surface area contributed by atoms with Crippen molar-refractivity contribution in [2.75, 3.05) is 43.9 Å². The van der Waals surface area contributed by atoms with E-state index in [4.69, 9.17) is 27.9 Å². The van der Waals surface area contributed by atoms with Crippen molar-refractivity contribution in [2.24, 2.45) is 0 Å². The van der Waals surface area contributed by atoms with E-state index in [1.54, 1.807) is 30.5 Å². The molecule has 0 spiro atoms. The van der Waals surface area contributed by atoms with Crippen molar-refractivity contribution in [3.63, 3.8) is 0 Å². The molecule has 3 N–H and O–H groups in total. The van der Waals surface area contributed by atoms with Crippen molar-refractivity contribution in [1.29, 1.82) is 0 Å². The molecule has 0 radical (unpaired) electrons. The summed E-state index contributed by atoms with van der Waals surface area (Å²) in [7, 11) is 1.49. The summed E-state index contributed by atoms with van der Waals surface area (Å²) >= 11 is 14.2. The third kappa shape index (κ3) is 7.05. The van der Waals surface area contributed by atoms with Gasteiger partial charge in [-0.05, 0) is 56.7 Å². The standard InChI is InChI=1S/C28H31Cl2N7O3S/c1-5-37(6-2)11-7-10-31-27(38)17-8-9-20(32-13-17)35-26-25-23(33-15-34-26)18(14-41-25)28(39)36-24-21(29)16(3)12-19(40-4)22(24)30/h8-9,12-15H,5-7,10-11H2,1-4H3,(H,31,38)(H,36,39)(H,32,33,34,35). The summed E-state index contributed by atoms with van der Waals surface area (Å²) in [6.45, 7) is 9.57. The van der Waals surface area contributed by atoms with Gasteiger partial charge in [0.25, 0.3) is 11.8 Å². The predicted octanol–water partition coefficient (Wildman–Crippen LogP) is 6.17. The highest BCUT2D eigenvalue weighted by molar-refractivity contribution is 7.18. The molecule has 0 unspecified atom stereocenters. The first-order chi connectivity index (χ1) is 19.8. The Kier molecular flexibility index (Phi) is 10.3. The van der Waals surface area contributed by atoms with E-state index < -0.39 is 5.91 Å². The maximum Gasteiger partial charge on any atom is 0.258 e. The number of nitrogens with one attached hydrogen (secondary N) is 3. The molecule has 0 atom stereocenters. The lowest BCUT2D eigenvalue weighted by atomic mass is 10.2. The summed E-state index contributed by atoms with van der Waals surface area (Å²) in [5.41, 5.74) is 2.23. The SMILES string of the molecule is CCN(CC)CCCNC(=O)c1ccc(Nc2ncnc3c(C(=O)Nc4c(Cl)c(C)cc(OC)c4Cl)csc23)nc1. The van der Waals surface area contributed by atoms with Crippen LogP contribution in [0.3, 0.4) is 0 Å². The summed E-state index contributed by atoms with van der Waals surface area (Å²) in [5.74, 6) is 0.775. The minimum Gasteiger partial charge on any atom is -0.495 e. The topological polar surface area (TPSA) is 121 Å². The minimum absolute atomic E-state index is 0.173. The Morgan fingerprint density at radius 1 is 1.07 bits per heavy atom. The number of carbonyl (C=O) groups excluding carboxylic acids is 2. The van der Waals surface area contributed by atoms with Gasteiger partial charge in [-0.25, -0.2) is 15.0 Å². The molecular formula is C28H31Cl2N7O3S. The Hall–Kier alpha value is -3.51. The number of rotatable bonds is 12. The molecule has 4 rings (SSSR count). The highest BCUT2D eigenvalue weighted by Crippen LogP contribution is 2.41. The second-order valence-electron chi connectivity index (χ2n) is 9.10. The van der Waals surface area contributed by atoms with Gasteiger partial charge < -0.3 is 25.6 Å². The molecule has 0 aliphatic heterocycles. The molecule has 216 valence electrons. The predicted molar refractivity (Wildman–Crippen MR) is 165 cm³/mol. The third-order valence-electron chi connectivity index (χ3n) is 6.51. The Balaban J connectivity index is 1.45. The van der Waals surface area contributed by atoms with E-state index in [-0.39, 0.29) is 16.6 Å². The van der Waals surface area contributed by atoms with Crippen LogP contribution in [0.15, 0.2) is 36.1 Å². The second-order valence-corrected chi connectivity index (χ2v) is 10.7. The van der Waals surface area contributed by atoms with E-state index in [2.05, 4.69) is 49.6 Å². The van der Waals surface area contributed by atoms with E-state index in [0.717, 1.165) is 26.1 Å². The van der Waals surface area contributed by atoms with Crippen molar-refractivity contribution in [3.05, 3.63) is 62.8 Å². The lowest BCUT2D eigenvalue weighted by molar-refractivity contribution is 0.0950. The molecule has 4 aromatic rings. The van der Waals surface area contributed by atoms with Crippen molar-refractivity contribution in [1.82, 2.24) is 25.2 Å². The summed E-state index contributed by atoms with van der Waals surface area (Å²) in [5, 5.41) is 11.1. The van der Waals surface area contributed by atoms with Crippen LogP contribution in [0.1, 0.15) is 46.5 Å². The molecule has 13 heteroatoms. The summed E-state index contributed by atoms with van der Waals surface area (Å²) in [6, 6.07) is 5.10. The lowest BCUT2D eigenvalue weighted by Gasteiger charge is -2.17. The number of ether oxygens (including phenoxy) is 1. The first-order valence-corrected chi connectivity index (χ1v) is 14.7. The molecule has 0 saturated carbocycles. The first kappa shape index (κ1) is 30.4. The van der Waals surface area contributed by atoms with E-state index >= 15 is 0 Å². The molecule has 0 aliphatic rings. The van der Waals surface area contributed by atoms with Crippen molar-refractivity contribution >= 4 is 73.9 Å². The number of nitrogens with zero attached hydrogens (tertiary/aromatic N) is 4. The Bertz CT molecular complexity index is 1540. The maximum absolute atomic E-state index is 13.2. The Labute approximate surface area is 252 Å². The minimum atomic E-state index is -0.428. The molecule has 3 heterocycles. The Morgan fingerprint density at radius 3 is 2.54 bits per heavy atom. The zero-order chi connectivity index (χ0) is 29.5. The van der Waals surface area contributed by atoms with Crippen LogP contribution in [0.25, 0.3) is 10.2 Å². The molecule has 10 nitrogen and oxygen atoms in total. The molecule has 0 fully saturated rings. The molecular weight excluding hydrogens is 585 g/mol. The average molecular weight is 617 g/mol. The number of benzene rings is 1. The number of amides is 2. The number of hydrogen-bond acceptors (Lipinski definition) is 9. The highest BCUT2D eigenvalue weighted by atomic mass is 35.5. The monoisotopic (exact) mass is 615 g/mol. The lowest BCUT2D eigenvalue weighted by Crippen LogP contribution is -2.29. The fourth-order valence-electron chi connectivity index (χ4n) is 4.15. The van der Waals surface area contributed by atoms with Crippen LogP contribution in [0.4, 0.5) is 17.3 Å². The normalized spacial score (nSPS) is 11.1. The van der Waals surface area contributed by atoms with E-state index in [9.17, 15) is 9.59 Å².